The van der Waals surface area contributed by atoms with Gasteiger partial charge in [0.15, 0.2) is 6.17 Å². The van der Waals surface area contributed by atoms with Crippen molar-refractivity contribution in [3.05, 3.63) is 24.6 Å². The van der Waals surface area contributed by atoms with E-state index in [4.69, 9.17) is 0 Å². The first kappa shape index (κ1) is 26.2. The van der Waals surface area contributed by atoms with E-state index in [0.717, 1.165) is 17.6 Å². The zero-order valence-electron chi connectivity index (χ0n) is 19.7. The maximum absolute atomic E-state index is 9.38. The highest BCUT2D eigenvalue weighted by Gasteiger charge is 2.35. The summed E-state index contributed by atoms with van der Waals surface area (Å²) < 4.78 is 0.909. The molecule has 0 amide bonds. The smallest absolute Gasteiger partial charge is 0.166 e. The molecule has 2 N–H and O–H groups in total. The van der Waals surface area contributed by atoms with Crippen LogP contribution in [-0.2, 0) is 0 Å². The number of nitrogens with zero attached hydrogens (tertiary/aromatic N) is 1. The SMILES string of the molecule is C/C=C/CCCCCCCCCCCCCCCCC1NC=C[N+]1(CC)CCO. The molecule has 29 heavy (non-hydrogen) atoms. The fourth-order valence-corrected chi connectivity index (χ4v) is 4.68. The molecular weight excluding hydrogens is 356 g/mol. The number of unbranched alkanes of at least 4 members (excludes halogenated alkanes) is 14. The Morgan fingerprint density at radius 3 is 1.83 bits per heavy atom. The summed E-state index contributed by atoms with van der Waals surface area (Å²) in [4.78, 5) is 0. The molecule has 0 aromatic heterocycles. The number of rotatable bonds is 20. The number of hydrogen-bond donors (Lipinski definition) is 2. The number of likely N-dealkylation sites (N-methyl/N-ethyl adjacent to an activating group) is 1. The van der Waals surface area contributed by atoms with E-state index in [2.05, 4.69) is 43.7 Å². The Bertz CT molecular complexity index is 421. The molecule has 0 aliphatic carbocycles. The molecule has 0 spiro atoms. The summed E-state index contributed by atoms with van der Waals surface area (Å²) in [7, 11) is 0. The molecule has 3 nitrogen and oxygen atoms in total. The van der Waals surface area contributed by atoms with Crippen molar-refractivity contribution in [3.63, 3.8) is 0 Å². The van der Waals surface area contributed by atoms with Crippen LogP contribution in [0.4, 0.5) is 0 Å². The van der Waals surface area contributed by atoms with Crippen molar-refractivity contribution >= 4 is 0 Å². The molecule has 1 aliphatic heterocycles. The van der Waals surface area contributed by atoms with Crippen molar-refractivity contribution < 1.29 is 9.59 Å². The lowest BCUT2D eigenvalue weighted by atomic mass is 10.0. The number of nitrogens with one attached hydrogen (secondary N) is 1. The Kier molecular flexibility index (Phi) is 16.3. The van der Waals surface area contributed by atoms with Crippen LogP contribution in [0.5, 0.6) is 0 Å². The average Bonchev–Trinajstić information content (AvgIpc) is 3.13. The number of allylic oxidation sites excluding steroid dienone is 2. The largest absolute Gasteiger partial charge is 0.390 e. The van der Waals surface area contributed by atoms with Crippen LogP contribution in [0, 0.1) is 0 Å². The average molecular weight is 408 g/mol. The first-order valence-corrected chi connectivity index (χ1v) is 12.8. The van der Waals surface area contributed by atoms with E-state index in [1.807, 2.05) is 0 Å². The molecule has 3 heteroatoms. The molecule has 0 aromatic carbocycles. The summed E-state index contributed by atoms with van der Waals surface area (Å²) >= 11 is 0. The maximum atomic E-state index is 9.38. The van der Waals surface area contributed by atoms with Crippen molar-refractivity contribution in [3.8, 4) is 0 Å². The summed E-state index contributed by atoms with van der Waals surface area (Å²) in [5, 5.41) is 12.9. The Morgan fingerprint density at radius 2 is 1.34 bits per heavy atom. The normalized spacial score (nSPS) is 21.3. The van der Waals surface area contributed by atoms with Gasteiger partial charge in [-0.05, 0) is 33.1 Å². The summed E-state index contributed by atoms with van der Waals surface area (Å²) in [5.74, 6) is 0. The van der Waals surface area contributed by atoms with Crippen LogP contribution in [0.2, 0.25) is 0 Å². The van der Waals surface area contributed by atoms with Gasteiger partial charge in [0.05, 0.1) is 19.4 Å². The summed E-state index contributed by atoms with van der Waals surface area (Å²) in [6.45, 7) is 6.51. The van der Waals surface area contributed by atoms with Gasteiger partial charge in [-0.15, -0.1) is 0 Å². The monoisotopic (exact) mass is 407 g/mol. The molecule has 1 heterocycles. The van der Waals surface area contributed by atoms with Crippen molar-refractivity contribution in [1.82, 2.24) is 5.32 Å². The van der Waals surface area contributed by atoms with Crippen molar-refractivity contribution in [2.45, 2.75) is 123 Å². The zero-order valence-corrected chi connectivity index (χ0v) is 19.7. The van der Waals surface area contributed by atoms with E-state index in [1.54, 1.807) is 0 Å². The van der Waals surface area contributed by atoms with E-state index < -0.39 is 0 Å². The van der Waals surface area contributed by atoms with Crippen LogP contribution in [0.25, 0.3) is 0 Å². The molecule has 0 saturated heterocycles. The first-order valence-electron chi connectivity index (χ1n) is 12.8. The molecule has 2 atom stereocenters. The number of aliphatic hydroxyl groups excluding tert-OH is 1. The third kappa shape index (κ3) is 11.8. The van der Waals surface area contributed by atoms with Gasteiger partial charge in [-0.1, -0.05) is 89.2 Å². The highest BCUT2D eigenvalue weighted by Crippen LogP contribution is 2.23. The summed E-state index contributed by atoms with van der Waals surface area (Å²) in [6.07, 6.45) is 31.5. The fraction of sp³-hybridized carbons (Fsp3) is 0.846. The lowest BCUT2D eigenvalue weighted by molar-refractivity contribution is -0.900. The minimum absolute atomic E-state index is 0.271. The second-order valence-corrected chi connectivity index (χ2v) is 8.96. The van der Waals surface area contributed by atoms with Gasteiger partial charge in [0.1, 0.15) is 12.7 Å². The second kappa shape index (κ2) is 18.0. The van der Waals surface area contributed by atoms with E-state index in [9.17, 15) is 5.11 Å². The standard InChI is InChI=1S/C26H51N2O/c1-3-5-6-7-8-9-10-11-12-13-14-15-16-17-18-19-20-21-26-27-22-23-28(26,4-2)24-25-29/h3,5,22-23,26-27,29H,4,6-21,24-25H2,1-2H3/q+1/b5-3+. The minimum atomic E-state index is 0.271. The van der Waals surface area contributed by atoms with E-state index in [-0.39, 0.29) is 6.61 Å². The molecule has 0 fully saturated rings. The summed E-state index contributed by atoms with van der Waals surface area (Å²) in [6, 6.07) is 0. The van der Waals surface area contributed by atoms with Gasteiger partial charge < -0.3 is 10.4 Å². The maximum Gasteiger partial charge on any atom is 0.166 e. The van der Waals surface area contributed by atoms with E-state index in [1.165, 1.54) is 103 Å². The van der Waals surface area contributed by atoms with Crippen LogP contribution in [0.3, 0.4) is 0 Å². The van der Waals surface area contributed by atoms with Crippen LogP contribution in [0.1, 0.15) is 117 Å². The van der Waals surface area contributed by atoms with Crippen LogP contribution < -0.4 is 5.32 Å². The van der Waals surface area contributed by atoms with Crippen LogP contribution in [0.15, 0.2) is 24.6 Å². The predicted molar refractivity (Wildman–Crippen MR) is 128 cm³/mol. The molecule has 0 radical (unpaired) electrons. The third-order valence-electron chi connectivity index (χ3n) is 6.72. The first-order chi connectivity index (χ1) is 14.3. The number of aliphatic hydroxyl groups is 1. The minimum Gasteiger partial charge on any atom is -0.390 e. The van der Waals surface area contributed by atoms with Crippen LogP contribution >= 0.6 is 0 Å². The van der Waals surface area contributed by atoms with Gasteiger partial charge in [-0.3, -0.25) is 4.48 Å². The highest BCUT2D eigenvalue weighted by atomic mass is 16.3. The fourth-order valence-electron chi connectivity index (χ4n) is 4.68. The molecule has 0 aromatic rings. The highest BCUT2D eigenvalue weighted by molar-refractivity contribution is 4.84. The van der Waals surface area contributed by atoms with Gasteiger partial charge in [-0.2, -0.15) is 0 Å². The molecule has 170 valence electrons. The van der Waals surface area contributed by atoms with Gasteiger partial charge >= 0.3 is 0 Å². The van der Waals surface area contributed by atoms with Crippen molar-refractivity contribution in [2.24, 2.45) is 0 Å². The quantitative estimate of drug-likeness (QED) is 0.129. The summed E-state index contributed by atoms with van der Waals surface area (Å²) in [5.41, 5.74) is 0. The third-order valence-corrected chi connectivity index (χ3v) is 6.72. The zero-order chi connectivity index (χ0) is 21.0. The topological polar surface area (TPSA) is 32.3 Å². The van der Waals surface area contributed by atoms with Gasteiger partial charge in [0.25, 0.3) is 0 Å². The second-order valence-electron chi connectivity index (χ2n) is 8.96. The van der Waals surface area contributed by atoms with E-state index in [0.29, 0.717) is 6.17 Å². The Morgan fingerprint density at radius 1 is 0.828 bits per heavy atom. The molecular formula is C26H51N2O+. The predicted octanol–water partition coefficient (Wildman–Crippen LogP) is 7.03. The molecule has 0 bridgehead atoms. The molecule has 1 rings (SSSR count). The lowest BCUT2D eigenvalue weighted by Gasteiger charge is -2.36. The molecule has 1 aliphatic rings. The molecule has 0 saturated carbocycles. The lowest BCUT2D eigenvalue weighted by Crippen LogP contribution is -2.54. The number of hydrogen-bond acceptors (Lipinski definition) is 2. The van der Waals surface area contributed by atoms with Gasteiger partial charge in [-0.25, -0.2) is 0 Å². The number of quaternary nitrogens is 1. The Hall–Kier alpha value is -0.800. The Balaban J connectivity index is 1.84. The van der Waals surface area contributed by atoms with Crippen molar-refractivity contribution in [1.29, 1.82) is 0 Å². The van der Waals surface area contributed by atoms with Gasteiger partial charge in [0, 0.05) is 6.42 Å². The Labute approximate surface area is 182 Å². The molecule has 2 unspecified atom stereocenters. The van der Waals surface area contributed by atoms with Crippen molar-refractivity contribution in [2.75, 3.05) is 19.7 Å². The van der Waals surface area contributed by atoms with Crippen LogP contribution in [-0.4, -0.2) is 35.5 Å². The van der Waals surface area contributed by atoms with Gasteiger partial charge in [0.2, 0.25) is 0 Å². The van der Waals surface area contributed by atoms with E-state index >= 15 is 0 Å².